The first kappa shape index (κ1) is 18.9. The van der Waals surface area contributed by atoms with Gasteiger partial charge in [0.2, 0.25) is 11.8 Å². The van der Waals surface area contributed by atoms with Crippen molar-refractivity contribution in [3.05, 3.63) is 78.6 Å². The minimum atomic E-state index is -0.350. The van der Waals surface area contributed by atoms with Crippen LogP contribution in [0.25, 0.3) is 10.8 Å². The molecule has 29 heavy (non-hydrogen) atoms. The highest BCUT2D eigenvalue weighted by Gasteiger charge is 2.28. The summed E-state index contributed by atoms with van der Waals surface area (Å²) in [5.41, 5.74) is 2.02. The number of aromatic nitrogens is 2. The Hall–Kier alpha value is -3.41. The number of nitrogens with one attached hydrogen (secondary N) is 2. The van der Waals surface area contributed by atoms with Gasteiger partial charge in [-0.3, -0.25) is 14.3 Å². The Morgan fingerprint density at radius 2 is 2.03 bits per heavy atom. The summed E-state index contributed by atoms with van der Waals surface area (Å²) in [7, 11) is 0. The Balaban J connectivity index is 1.59. The van der Waals surface area contributed by atoms with Crippen molar-refractivity contribution in [2.24, 2.45) is 0 Å². The standard InChI is InChI=1S/C23H24N4O2/c1-2-22(28)24-15-20(18-11-10-16-6-3-4-7-17(16)14-18)26-23(29)21-9-5-8-19-12-13-25-27(19)21/h2-4,6-7,10-14,20-21H,1,5,8-9,15H2,(H,24,28)(H,26,29). The molecule has 2 heterocycles. The molecule has 0 fully saturated rings. The molecule has 6 nitrogen and oxygen atoms in total. The predicted octanol–water partition coefficient (Wildman–Crippen LogP) is 3.07. The fraction of sp³-hybridized carbons (Fsp3) is 0.261. The van der Waals surface area contributed by atoms with Crippen LogP contribution in [0, 0.1) is 0 Å². The van der Waals surface area contributed by atoms with E-state index in [4.69, 9.17) is 0 Å². The first-order chi connectivity index (χ1) is 14.2. The molecule has 4 rings (SSSR count). The van der Waals surface area contributed by atoms with Gasteiger partial charge in [-0.05, 0) is 53.8 Å². The summed E-state index contributed by atoms with van der Waals surface area (Å²) in [6.45, 7) is 3.78. The number of carbonyl (C=O) groups excluding carboxylic acids is 2. The zero-order chi connectivity index (χ0) is 20.2. The molecule has 1 aromatic heterocycles. The van der Waals surface area contributed by atoms with Crippen LogP contribution in [-0.2, 0) is 16.0 Å². The molecule has 2 unspecified atom stereocenters. The van der Waals surface area contributed by atoms with E-state index in [1.165, 1.54) is 6.08 Å². The van der Waals surface area contributed by atoms with Gasteiger partial charge < -0.3 is 10.6 Å². The normalized spacial score (nSPS) is 16.6. The van der Waals surface area contributed by atoms with Crippen molar-refractivity contribution in [2.75, 3.05) is 6.54 Å². The number of fused-ring (bicyclic) bond motifs is 2. The van der Waals surface area contributed by atoms with E-state index in [9.17, 15) is 9.59 Å². The van der Waals surface area contributed by atoms with E-state index >= 15 is 0 Å². The zero-order valence-corrected chi connectivity index (χ0v) is 16.2. The van der Waals surface area contributed by atoms with E-state index in [0.29, 0.717) is 0 Å². The highest BCUT2D eigenvalue weighted by molar-refractivity contribution is 5.87. The molecule has 2 atom stereocenters. The third-order valence-electron chi connectivity index (χ3n) is 5.42. The highest BCUT2D eigenvalue weighted by Crippen LogP contribution is 2.26. The van der Waals surface area contributed by atoms with E-state index in [1.54, 1.807) is 6.20 Å². The number of rotatable bonds is 6. The molecule has 148 valence electrons. The predicted molar refractivity (Wildman–Crippen MR) is 112 cm³/mol. The van der Waals surface area contributed by atoms with E-state index in [2.05, 4.69) is 28.4 Å². The minimum Gasteiger partial charge on any atom is -0.350 e. The largest absolute Gasteiger partial charge is 0.350 e. The number of benzene rings is 2. The Morgan fingerprint density at radius 1 is 1.21 bits per heavy atom. The van der Waals surface area contributed by atoms with Crippen LogP contribution in [0.5, 0.6) is 0 Å². The number of hydrogen-bond donors (Lipinski definition) is 2. The number of aryl methyl sites for hydroxylation is 1. The lowest BCUT2D eigenvalue weighted by Gasteiger charge is -2.27. The Kier molecular flexibility index (Phi) is 5.42. The van der Waals surface area contributed by atoms with Crippen LogP contribution in [0.4, 0.5) is 0 Å². The van der Waals surface area contributed by atoms with E-state index in [1.807, 2.05) is 47.1 Å². The molecule has 2 aromatic carbocycles. The van der Waals surface area contributed by atoms with Crippen molar-refractivity contribution in [1.82, 2.24) is 20.4 Å². The van der Waals surface area contributed by atoms with Gasteiger partial charge in [-0.15, -0.1) is 0 Å². The van der Waals surface area contributed by atoms with Gasteiger partial charge in [0.05, 0.1) is 6.04 Å². The van der Waals surface area contributed by atoms with Crippen molar-refractivity contribution in [3.63, 3.8) is 0 Å². The third kappa shape index (κ3) is 4.06. The Morgan fingerprint density at radius 3 is 2.86 bits per heavy atom. The molecular formula is C23H24N4O2. The smallest absolute Gasteiger partial charge is 0.245 e. The molecule has 0 saturated heterocycles. The lowest BCUT2D eigenvalue weighted by Crippen LogP contribution is -2.41. The number of hydrogen-bond acceptors (Lipinski definition) is 3. The van der Waals surface area contributed by atoms with Crippen molar-refractivity contribution >= 4 is 22.6 Å². The van der Waals surface area contributed by atoms with Crippen LogP contribution in [-0.4, -0.2) is 28.1 Å². The molecule has 3 aromatic rings. The van der Waals surface area contributed by atoms with Crippen LogP contribution in [0.2, 0.25) is 0 Å². The summed E-state index contributed by atoms with van der Waals surface area (Å²) in [6, 6.07) is 15.4. The maximum atomic E-state index is 13.1. The van der Waals surface area contributed by atoms with Crippen molar-refractivity contribution in [1.29, 1.82) is 0 Å². The molecule has 0 saturated carbocycles. The quantitative estimate of drug-likeness (QED) is 0.637. The Labute approximate surface area is 169 Å². The average molecular weight is 388 g/mol. The van der Waals surface area contributed by atoms with Crippen molar-refractivity contribution in [2.45, 2.75) is 31.3 Å². The molecule has 2 amide bonds. The van der Waals surface area contributed by atoms with Gasteiger partial charge in [-0.2, -0.15) is 5.10 Å². The van der Waals surface area contributed by atoms with Gasteiger partial charge in [0, 0.05) is 18.4 Å². The van der Waals surface area contributed by atoms with Gasteiger partial charge in [0.25, 0.3) is 0 Å². The summed E-state index contributed by atoms with van der Waals surface area (Å²) in [6.07, 6.45) is 5.62. The van der Waals surface area contributed by atoms with Crippen molar-refractivity contribution < 1.29 is 9.59 Å². The van der Waals surface area contributed by atoms with Crippen LogP contribution in [0.1, 0.15) is 36.2 Å². The summed E-state index contributed by atoms with van der Waals surface area (Å²) >= 11 is 0. The topological polar surface area (TPSA) is 76.0 Å². The summed E-state index contributed by atoms with van der Waals surface area (Å²) in [4.78, 5) is 24.8. The zero-order valence-electron chi connectivity index (χ0n) is 16.2. The average Bonchev–Trinajstić information content (AvgIpc) is 3.24. The monoisotopic (exact) mass is 388 g/mol. The molecule has 0 radical (unpaired) electrons. The van der Waals surface area contributed by atoms with Crippen LogP contribution < -0.4 is 10.6 Å². The first-order valence-electron chi connectivity index (χ1n) is 9.87. The fourth-order valence-corrected chi connectivity index (χ4v) is 3.88. The van der Waals surface area contributed by atoms with Crippen molar-refractivity contribution in [3.8, 4) is 0 Å². The maximum Gasteiger partial charge on any atom is 0.245 e. The number of carbonyl (C=O) groups is 2. The molecular weight excluding hydrogens is 364 g/mol. The van der Waals surface area contributed by atoms with Crippen LogP contribution in [0.15, 0.2) is 67.4 Å². The van der Waals surface area contributed by atoms with Gasteiger partial charge >= 0.3 is 0 Å². The van der Waals surface area contributed by atoms with Gasteiger partial charge in [0.15, 0.2) is 0 Å². The molecule has 1 aliphatic heterocycles. The molecule has 1 aliphatic rings. The second kappa shape index (κ2) is 8.31. The maximum absolute atomic E-state index is 13.1. The molecule has 6 heteroatoms. The summed E-state index contributed by atoms with van der Waals surface area (Å²) in [5, 5.41) is 12.5. The first-order valence-corrected chi connectivity index (χ1v) is 9.87. The van der Waals surface area contributed by atoms with Gasteiger partial charge in [0.1, 0.15) is 6.04 Å². The van der Waals surface area contributed by atoms with Crippen LogP contribution in [0.3, 0.4) is 0 Å². The lowest BCUT2D eigenvalue weighted by atomic mass is 9.99. The van der Waals surface area contributed by atoms with E-state index in [-0.39, 0.29) is 30.4 Å². The van der Waals surface area contributed by atoms with E-state index < -0.39 is 0 Å². The second-order valence-electron chi connectivity index (χ2n) is 7.29. The summed E-state index contributed by atoms with van der Waals surface area (Å²) in [5.74, 6) is -0.349. The van der Waals surface area contributed by atoms with E-state index in [0.717, 1.165) is 41.3 Å². The summed E-state index contributed by atoms with van der Waals surface area (Å²) < 4.78 is 1.82. The highest BCUT2D eigenvalue weighted by atomic mass is 16.2. The lowest BCUT2D eigenvalue weighted by molar-refractivity contribution is -0.126. The molecule has 2 N–H and O–H groups in total. The Bertz CT molecular complexity index is 1060. The van der Waals surface area contributed by atoms with Gasteiger partial charge in [-0.25, -0.2) is 0 Å². The number of nitrogens with zero attached hydrogens (tertiary/aromatic N) is 2. The number of amides is 2. The van der Waals surface area contributed by atoms with Crippen LogP contribution >= 0.6 is 0 Å². The van der Waals surface area contributed by atoms with Gasteiger partial charge in [-0.1, -0.05) is 43.0 Å². The third-order valence-corrected chi connectivity index (χ3v) is 5.42. The molecule has 0 bridgehead atoms. The molecule has 0 spiro atoms. The minimum absolute atomic E-state index is 0.0827. The SMILES string of the molecule is C=CC(=O)NCC(NC(=O)C1CCCc2ccnn21)c1ccc2ccccc2c1. The second-order valence-corrected chi connectivity index (χ2v) is 7.29. The molecule has 0 aliphatic carbocycles. The fourth-order valence-electron chi connectivity index (χ4n) is 3.88.